The van der Waals surface area contributed by atoms with E-state index in [1.54, 1.807) is 34.6 Å². The summed E-state index contributed by atoms with van der Waals surface area (Å²) in [6.45, 7) is 4.56. The van der Waals surface area contributed by atoms with Crippen molar-refractivity contribution in [1.29, 1.82) is 0 Å². The number of alkyl halides is 1. The molecule has 2 amide bonds. The van der Waals surface area contributed by atoms with Crippen LogP contribution < -0.4 is 10.6 Å². The van der Waals surface area contributed by atoms with Crippen LogP contribution in [0.4, 0.5) is 26.5 Å². The van der Waals surface area contributed by atoms with Crippen LogP contribution in [0.2, 0.25) is 0 Å². The summed E-state index contributed by atoms with van der Waals surface area (Å²) < 4.78 is 29.6. The minimum absolute atomic E-state index is 0.0127. The molecule has 3 aromatic heterocycles. The van der Waals surface area contributed by atoms with Crippen molar-refractivity contribution in [2.45, 2.75) is 26.4 Å². The third-order valence-corrected chi connectivity index (χ3v) is 6.23. The fourth-order valence-corrected chi connectivity index (χ4v) is 4.12. The maximum absolute atomic E-state index is 13.2. The van der Waals surface area contributed by atoms with Crippen molar-refractivity contribution in [3.05, 3.63) is 65.4 Å². The zero-order valence-corrected chi connectivity index (χ0v) is 21.5. The van der Waals surface area contributed by atoms with E-state index in [0.29, 0.717) is 48.3 Å². The summed E-state index contributed by atoms with van der Waals surface area (Å²) in [4.78, 5) is 35.2. The third-order valence-electron chi connectivity index (χ3n) is 6.23. The first-order valence-corrected chi connectivity index (χ1v) is 12.5. The number of hydrogen-bond donors (Lipinski definition) is 2. The van der Waals surface area contributed by atoms with Gasteiger partial charge in [-0.1, -0.05) is 12.1 Å². The smallest absolute Gasteiger partial charge is 0.409 e. The van der Waals surface area contributed by atoms with Crippen molar-refractivity contribution >= 4 is 35.0 Å². The number of fused-ring (bicyclic) bond motifs is 1. The molecule has 0 unspecified atom stereocenters. The fourth-order valence-electron chi connectivity index (χ4n) is 4.12. The van der Waals surface area contributed by atoms with Crippen LogP contribution in [-0.4, -0.2) is 69.4 Å². The van der Waals surface area contributed by atoms with E-state index in [-0.39, 0.29) is 37.1 Å². The van der Waals surface area contributed by atoms with Gasteiger partial charge in [0.25, 0.3) is 11.9 Å². The van der Waals surface area contributed by atoms with Crippen molar-refractivity contribution in [2.24, 2.45) is 0 Å². The van der Waals surface area contributed by atoms with Gasteiger partial charge in [-0.2, -0.15) is 4.98 Å². The van der Waals surface area contributed by atoms with Gasteiger partial charge in [0.1, 0.15) is 18.0 Å². The molecule has 5 rings (SSSR count). The van der Waals surface area contributed by atoms with Gasteiger partial charge in [-0.3, -0.25) is 9.20 Å². The number of anilines is 3. The molecule has 39 heavy (non-hydrogen) atoms. The summed E-state index contributed by atoms with van der Waals surface area (Å²) in [6, 6.07) is 9.07. The predicted octanol–water partition coefficient (Wildman–Crippen LogP) is 4.06. The summed E-state index contributed by atoms with van der Waals surface area (Å²) in [5, 5.41) is 10.0. The highest BCUT2D eigenvalue weighted by atomic mass is 19.1. The quantitative estimate of drug-likeness (QED) is 0.287. The Hall–Kier alpha value is -4.52. The second-order valence-corrected chi connectivity index (χ2v) is 9.02. The summed E-state index contributed by atoms with van der Waals surface area (Å²) >= 11 is 0. The normalized spacial score (nSPS) is 13.4. The highest BCUT2D eigenvalue weighted by Gasteiger charge is 2.36. The number of nitrogens with zero attached hydrogens (tertiary/aromatic N) is 5. The van der Waals surface area contributed by atoms with Gasteiger partial charge in [0, 0.05) is 30.7 Å². The van der Waals surface area contributed by atoms with Crippen LogP contribution in [0.3, 0.4) is 0 Å². The number of likely N-dealkylation sites (tertiary alicyclic amines) is 1. The number of pyridine rings is 1. The molecule has 4 aromatic rings. The number of aromatic nitrogens is 4. The van der Waals surface area contributed by atoms with Gasteiger partial charge in [-0.05, 0) is 48.3 Å². The number of hydrogen-bond acceptors (Lipinski definition) is 9. The van der Waals surface area contributed by atoms with Crippen LogP contribution in [0.5, 0.6) is 0 Å². The third kappa shape index (κ3) is 5.82. The highest BCUT2D eigenvalue weighted by Crippen LogP contribution is 2.28. The summed E-state index contributed by atoms with van der Waals surface area (Å²) in [5.74, 6) is 0.305. The number of benzene rings is 1. The molecule has 13 heteroatoms. The van der Waals surface area contributed by atoms with Crippen molar-refractivity contribution in [2.75, 3.05) is 43.6 Å². The number of amides is 2. The molecule has 1 saturated heterocycles. The Morgan fingerprint density at radius 2 is 2.08 bits per heavy atom. The summed E-state index contributed by atoms with van der Waals surface area (Å²) in [7, 11) is 0. The average Bonchev–Trinajstić information content (AvgIpc) is 3.52. The second kappa shape index (κ2) is 11.5. The number of rotatable bonds is 10. The standard InChI is InChI=1S/C26H28FN7O5/c1-3-38-26(36)33-13-18(14-33)24-31-25(32-39-24)29-19-6-4-16(2)20(10-19)30-23(35)21-11-28-22-7-5-17(12-34(21)22)15-37-9-8-27/h4-7,10-12,18H,3,8-9,13-15H2,1-2H3,(H,29,32)(H,30,35). The van der Waals surface area contributed by atoms with Crippen LogP contribution in [0.1, 0.15) is 40.3 Å². The van der Waals surface area contributed by atoms with E-state index in [2.05, 4.69) is 25.8 Å². The maximum atomic E-state index is 13.2. The van der Waals surface area contributed by atoms with Crippen molar-refractivity contribution in [1.82, 2.24) is 24.4 Å². The first-order valence-electron chi connectivity index (χ1n) is 12.5. The lowest BCUT2D eigenvalue weighted by Gasteiger charge is -2.35. The molecule has 1 aliphatic rings. The van der Waals surface area contributed by atoms with Crippen LogP contribution >= 0.6 is 0 Å². The van der Waals surface area contributed by atoms with E-state index in [0.717, 1.165) is 11.1 Å². The first kappa shape index (κ1) is 26.1. The van der Waals surface area contributed by atoms with Crippen molar-refractivity contribution in [3.8, 4) is 0 Å². The Bertz CT molecular complexity index is 1480. The lowest BCUT2D eigenvalue weighted by atomic mass is 10.0. The minimum Gasteiger partial charge on any atom is -0.450 e. The van der Waals surface area contributed by atoms with E-state index in [4.69, 9.17) is 14.0 Å². The molecule has 1 aromatic carbocycles. The van der Waals surface area contributed by atoms with Gasteiger partial charge in [-0.25, -0.2) is 14.2 Å². The lowest BCUT2D eigenvalue weighted by Crippen LogP contribution is -2.48. The topological polar surface area (TPSA) is 136 Å². The molecule has 0 bridgehead atoms. The number of aryl methyl sites for hydroxylation is 1. The van der Waals surface area contributed by atoms with E-state index in [1.165, 1.54) is 6.20 Å². The predicted molar refractivity (Wildman–Crippen MR) is 139 cm³/mol. The molecule has 4 heterocycles. The van der Waals surface area contributed by atoms with E-state index < -0.39 is 6.67 Å². The SMILES string of the molecule is CCOC(=O)N1CC(c2nc(Nc3ccc(C)c(NC(=O)c4cnc5ccc(COCCF)cn45)c3)no2)C1. The molecule has 0 saturated carbocycles. The zero-order chi connectivity index (χ0) is 27.4. The zero-order valence-electron chi connectivity index (χ0n) is 21.5. The van der Waals surface area contributed by atoms with Gasteiger partial charge in [0.2, 0.25) is 5.89 Å². The number of halogens is 1. The molecule has 1 fully saturated rings. The molecule has 1 aliphatic heterocycles. The highest BCUT2D eigenvalue weighted by molar-refractivity contribution is 6.04. The lowest BCUT2D eigenvalue weighted by molar-refractivity contribution is 0.0686. The molecule has 0 aliphatic carbocycles. The van der Waals surface area contributed by atoms with Crippen LogP contribution in [0.25, 0.3) is 5.65 Å². The Morgan fingerprint density at radius 3 is 2.87 bits per heavy atom. The molecular formula is C26H28FN7O5. The first-order chi connectivity index (χ1) is 18.9. The van der Waals surface area contributed by atoms with E-state index in [1.807, 2.05) is 25.1 Å². The van der Waals surface area contributed by atoms with Gasteiger partial charge >= 0.3 is 6.09 Å². The molecule has 0 radical (unpaired) electrons. The number of carbonyl (C=O) groups excluding carboxylic acids is 2. The largest absolute Gasteiger partial charge is 0.450 e. The molecule has 12 nitrogen and oxygen atoms in total. The monoisotopic (exact) mass is 537 g/mol. The Labute approximate surface area is 223 Å². The fraction of sp³-hybridized carbons (Fsp3) is 0.346. The molecule has 0 atom stereocenters. The Kier molecular flexibility index (Phi) is 7.68. The Balaban J connectivity index is 1.24. The van der Waals surface area contributed by atoms with Crippen LogP contribution in [0.15, 0.2) is 47.2 Å². The number of imidazole rings is 1. The van der Waals surface area contributed by atoms with E-state index in [9.17, 15) is 14.0 Å². The van der Waals surface area contributed by atoms with Gasteiger partial charge in [0.15, 0.2) is 0 Å². The van der Waals surface area contributed by atoms with Gasteiger partial charge in [0.05, 0.1) is 31.9 Å². The summed E-state index contributed by atoms with van der Waals surface area (Å²) in [6.07, 6.45) is 2.90. The van der Waals surface area contributed by atoms with Crippen molar-refractivity contribution in [3.63, 3.8) is 0 Å². The van der Waals surface area contributed by atoms with Gasteiger partial charge < -0.3 is 29.5 Å². The van der Waals surface area contributed by atoms with Crippen molar-refractivity contribution < 1.29 is 28.0 Å². The number of nitrogens with one attached hydrogen (secondary N) is 2. The van der Waals surface area contributed by atoms with Crippen LogP contribution in [0, 0.1) is 6.92 Å². The number of ether oxygens (including phenoxy) is 2. The van der Waals surface area contributed by atoms with Crippen LogP contribution in [-0.2, 0) is 16.1 Å². The average molecular weight is 538 g/mol. The van der Waals surface area contributed by atoms with E-state index >= 15 is 0 Å². The Morgan fingerprint density at radius 1 is 1.23 bits per heavy atom. The molecular weight excluding hydrogens is 509 g/mol. The van der Waals surface area contributed by atoms with Gasteiger partial charge in [-0.15, -0.1) is 0 Å². The number of carbonyl (C=O) groups is 2. The molecule has 204 valence electrons. The molecule has 0 spiro atoms. The maximum Gasteiger partial charge on any atom is 0.409 e. The summed E-state index contributed by atoms with van der Waals surface area (Å²) in [5.41, 5.74) is 3.83. The molecule has 2 N–H and O–H groups in total. The second-order valence-electron chi connectivity index (χ2n) is 9.02. The minimum atomic E-state index is -0.557.